The monoisotopic (exact) mass is 291 g/mol. The maximum absolute atomic E-state index is 13.8. The lowest BCUT2D eigenvalue weighted by molar-refractivity contribution is 0.0697. The number of rotatable bonds is 2. The second-order valence-electron chi connectivity index (χ2n) is 4.13. The summed E-state index contributed by atoms with van der Waals surface area (Å²) in [5.74, 6) is -1.54. The number of halogens is 2. The molecule has 1 heterocycles. The third-order valence-electron chi connectivity index (χ3n) is 2.80. The first kappa shape index (κ1) is 12.6. The molecular formula is C14H7ClFNO3. The van der Waals surface area contributed by atoms with Gasteiger partial charge in [-0.1, -0.05) is 11.6 Å². The van der Waals surface area contributed by atoms with Crippen LogP contribution in [0.5, 0.6) is 0 Å². The van der Waals surface area contributed by atoms with Gasteiger partial charge in [-0.3, -0.25) is 0 Å². The van der Waals surface area contributed by atoms with Gasteiger partial charge in [0.05, 0.1) is 11.1 Å². The van der Waals surface area contributed by atoms with E-state index >= 15 is 0 Å². The Morgan fingerprint density at radius 2 is 2.05 bits per heavy atom. The zero-order valence-electron chi connectivity index (χ0n) is 9.93. The molecule has 3 aromatic rings. The van der Waals surface area contributed by atoms with Crippen molar-refractivity contribution in [2.24, 2.45) is 0 Å². The number of oxazole rings is 1. The molecule has 0 aliphatic rings. The molecule has 1 aromatic heterocycles. The van der Waals surface area contributed by atoms with Crippen LogP contribution in [-0.2, 0) is 0 Å². The fourth-order valence-electron chi connectivity index (χ4n) is 1.84. The summed E-state index contributed by atoms with van der Waals surface area (Å²) in [7, 11) is 0. The lowest BCUT2D eigenvalue weighted by Gasteiger charge is -1.97. The molecule has 2 aromatic carbocycles. The number of carbonyl (C=O) groups is 1. The van der Waals surface area contributed by atoms with E-state index in [9.17, 15) is 9.18 Å². The number of carboxylic acids is 1. The summed E-state index contributed by atoms with van der Waals surface area (Å²) in [5.41, 5.74) is 0.993. The molecule has 3 rings (SSSR count). The molecule has 0 radical (unpaired) electrons. The average Bonchev–Trinajstić information content (AvgIpc) is 2.80. The van der Waals surface area contributed by atoms with Gasteiger partial charge in [0, 0.05) is 5.02 Å². The molecule has 0 aliphatic heterocycles. The van der Waals surface area contributed by atoms with Gasteiger partial charge >= 0.3 is 5.97 Å². The van der Waals surface area contributed by atoms with Gasteiger partial charge in [0.2, 0.25) is 5.89 Å². The number of carboxylic acid groups (broad SMARTS) is 1. The van der Waals surface area contributed by atoms with E-state index in [0.717, 1.165) is 6.07 Å². The quantitative estimate of drug-likeness (QED) is 0.775. The zero-order valence-corrected chi connectivity index (χ0v) is 10.7. The van der Waals surface area contributed by atoms with Gasteiger partial charge in [-0.15, -0.1) is 0 Å². The van der Waals surface area contributed by atoms with Crippen LogP contribution in [0.2, 0.25) is 5.02 Å². The Kier molecular flexibility index (Phi) is 2.91. The Morgan fingerprint density at radius 3 is 2.75 bits per heavy atom. The molecule has 100 valence electrons. The Balaban J connectivity index is 2.15. The molecule has 0 fully saturated rings. The first-order valence-corrected chi connectivity index (χ1v) is 6.02. The third kappa shape index (κ3) is 2.12. The number of fused-ring (bicyclic) bond motifs is 1. The molecule has 4 nitrogen and oxygen atoms in total. The summed E-state index contributed by atoms with van der Waals surface area (Å²) in [6.07, 6.45) is 0. The number of benzene rings is 2. The van der Waals surface area contributed by atoms with Crippen LogP contribution in [0.1, 0.15) is 10.4 Å². The molecule has 1 N–H and O–H groups in total. The normalized spacial score (nSPS) is 10.9. The Bertz CT molecular complexity index is 828. The van der Waals surface area contributed by atoms with Crippen LogP contribution >= 0.6 is 11.6 Å². The molecule has 0 bridgehead atoms. The fourth-order valence-corrected chi connectivity index (χ4v) is 1.99. The average molecular weight is 292 g/mol. The van der Waals surface area contributed by atoms with Crippen molar-refractivity contribution in [2.45, 2.75) is 0 Å². The molecule has 0 unspecified atom stereocenters. The van der Waals surface area contributed by atoms with Crippen LogP contribution in [0, 0.1) is 5.82 Å². The minimum atomic E-state index is -1.07. The summed E-state index contributed by atoms with van der Waals surface area (Å²) < 4.78 is 19.2. The van der Waals surface area contributed by atoms with Gasteiger partial charge in [0.25, 0.3) is 0 Å². The van der Waals surface area contributed by atoms with Gasteiger partial charge in [0.15, 0.2) is 5.58 Å². The first-order chi connectivity index (χ1) is 9.54. The van der Waals surface area contributed by atoms with E-state index in [2.05, 4.69) is 4.98 Å². The van der Waals surface area contributed by atoms with Crippen molar-refractivity contribution in [1.82, 2.24) is 4.98 Å². The molecule has 0 atom stereocenters. The topological polar surface area (TPSA) is 63.3 Å². The SMILES string of the molecule is O=C(O)c1ccc2nc(-c3ccc(Cl)cc3F)oc2c1. The largest absolute Gasteiger partial charge is 0.478 e. The fraction of sp³-hybridized carbons (Fsp3) is 0. The molecular weight excluding hydrogens is 285 g/mol. The predicted molar refractivity (Wildman–Crippen MR) is 71.4 cm³/mol. The van der Waals surface area contributed by atoms with Crippen molar-refractivity contribution in [1.29, 1.82) is 0 Å². The van der Waals surface area contributed by atoms with E-state index in [1.807, 2.05) is 0 Å². The Labute approximate surface area is 117 Å². The first-order valence-electron chi connectivity index (χ1n) is 5.64. The number of hydrogen-bond donors (Lipinski definition) is 1. The summed E-state index contributed by atoms with van der Waals surface area (Å²) in [5, 5.41) is 9.18. The predicted octanol–water partition coefficient (Wildman–Crippen LogP) is 3.99. The van der Waals surface area contributed by atoms with Crippen LogP contribution < -0.4 is 0 Å². The van der Waals surface area contributed by atoms with Gasteiger partial charge in [-0.25, -0.2) is 14.2 Å². The minimum absolute atomic E-state index is 0.0803. The highest BCUT2D eigenvalue weighted by molar-refractivity contribution is 6.30. The van der Waals surface area contributed by atoms with Gasteiger partial charge in [-0.2, -0.15) is 0 Å². The highest BCUT2D eigenvalue weighted by atomic mass is 35.5. The van der Waals surface area contributed by atoms with E-state index in [-0.39, 0.29) is 27.6 Å². The van der Waals surface area contributed by atoms with Gasteiger partial charge in [0.1, 0.15) is 11.3 Å². The van der Waals surface area contributed by atoms with Crippen molar-refractivity contribution in [3.8, 4) is 11.5 Å². The lowest BCUT2D eigenvalue weighted by Crippen LogP contribution is -1.94. The maximum Gasteiger partial charge on any atom is 0.335 e. The molecule has 0 saturated carbocycles. The standard InChI is InChI=1S/C14H7ClFNO3/c15-8-2-3-9(10(16)6-8)13-17-11-4-1-7(14(18)19)5-12(11)20-13/h1-6H,(H,18,19). The highest BCUT2D eigenvalue weighted by Gasteiger charge is 2.14. The van der Waals surface area contributed by atoms with Gasteiger partial charge in [-0.05, 0) is 36.4 Å². The third-order valence-corrected chi connectivity index (χ3v) is 3.03. The van der Waals surface area contributed by atoms with Crippen LogP contribution in [0.25, 0.3) is 22.6 Å². The lowest BCUT2D eigenvalue weighted by atomic mass is 10.2. The number of nitrogens with zero attached hydrogens (tertiary/aromatic N) is 1. The summed E-state index contributed by atoms with van der Waals surface area (Å²) in [4.78, 5) is 15.0. The van der Waals surface area contributed by atoms with Crippen molar-refractivity contribution < 1.29 is 18.7 Å². The van der Waals surface area contributed by atoms with Crippen LogP contribution in [0.4, 0.5) is 4.39 Å². The summed E-state index contributed by atoms with van der Waals surface area (Å²) >= 11 is 5.68. The van der Waals surface area contributed by atoms with Crippen molar-refractivity contribution in [2.75, 3.05) is 0 Å². The van der Waals surface area contributed by atoms with E-state index in [1.165, 1.54) is 30.3 Å². The molecule has 6 heteroatoms. The summed E-state index contributed by atoms with van der Waals surface area (Å²) in [6, 6.07) is 8.42. The molecule has 0 aliphatic carbocycles. The maximum atomic E-state index is 13.8. The van der Waals surface area contributed by atoms with Crippen LogP contribution in [0.3, 0.4) is 0 Å². The van der Waals surface area contributed by atoms with Crippen LogP contribution in [0.15, 0.2) is 40.8 Å². The number of aromatic nitrogens is 1. The van der Waals surface area contributed by atoms with E-state index < -0.39 is 11.8 Å². The molecule has 20 heavy (non-hydrogen) atoms. The second kappa shape index (κ2) is 4.61. The number of aromatic carboxylic acids is 1. The van der Waals surface area contributed by atoms with Crippen molar-refractivity contribution in [3.05, 3.63) is 52.8 Å². The molecule has 0 saturated heterocycles. The minimum Gasteiger partial charge on any atom is -0.478 e. The highest BCUT2D eigenvalue weighted by Crippen LogP contribution is 2.28. The van der Waals surface area contributed by atoms with Crippen molar-refractivity contribution >= 4 is 28.7 Å². The Hall–Kier alpha value is -2.40. The number of hydrogen-bond acceptors (Lipinski definition) is 3. The van der Waals surface area contributed by atoms with Gasteiger partial charge < -0.3 is 9.52 Å². The van der Waals surface area contributed by atoms with E-state index in [1.54, 1.807) is 0 Å². The zero-order chi connectivity index (χ0) is 14.3. The summed E-state index contributed by atoms with van der Waals surface area (Å²) in [6.45, 7) is 0. The van der Waals surface area contributed by atoms with E-state index in [4.69, 9.17) is 21.1 Å². The molecule has 0 amide bonds. The van der Waals surface area contributed by atoms with Crippen molar-refractivity contribution in [3.63, 3.8) is 0 Å². The smallest absolute Gasteiger partial charge is 0.335 e. The van der Waals surface area contributed by atoms with Crippen LogP contribution in [-0.4, -0.2) is 16.1 Å². The second-order valence-corrected chi connectivity index (χ2v) is 4.57. The molecule has 0 spiro atoms. The van der Waals surface area contributed by atoms with E-state index in [0.29, 0.717) is 5.52 Å². The Morgan fingerprint density at radius 1 is 1.25 bits per heavy atom.